The SMILES string of the molecule is CCC1CCc2cc(O)c(N3CC(=O)NS3)c(F)c2C1. The predicted molar refractivity (Wildman–Crippen MR) is 77.0 cm³/mol. The van der Waals surface area contributed by atoms with Crippen LogP contribution in [0.2, 0.25) is 0 Å². The highest BCUT2D eigenvalue weighted by Gasteiger charge is 2.30. The van der Waals surface area contributed by atoms with Crippen LogP contribution in [-0.2, 0) is 17.6 Å². The molecule has 20 heavy (non-hydrogen) atoms. The largest absolute Gasteiger partial charge is 0.506 e. The van der Waals surface area contributed by atoms with E-state index >= 15 is 0 Å². The number of hydrogen-bond donors (Lipinski definition) is 2. The first kappa shape index (κ1) is 13.5. The minimum absolute atomic E-state index is 0.0607. The maximum absolute atomic E-state index is 14.7. The number of halogens is 1. The van der Waals surface area contributed by atoms with Crippen LogP contribution in [-0.4, -0.2) is 17.6 Å². The van der Waals surface area contributed by atoms with Gasteiger partial charge in [-0.05, 0) is 42.4 Å². The molecule has 1 aliphatic heterocycles. The molecule has 6 heteroatoms. The Kier molecular flexibility index (Phi) is 3.50. The summed E-state index contributed by atoms with van der Waals surface area (Å²) in [6, 6.07) is 1.66. The van der Waals surface area contributed by atoms with Crippen LogP contribution in [0.5, 0.6) is 5.75 Å². The van der Waals surface area contributed by atoms with Gasteiger partial charge in [0.1, 0.15) is 18.0 Å². The molecule has 1 fully saturated rings. The molecule has 1 unspecified atom stereocenters. The third-order valence-corrected chi connectivity index (χ3v) is 4.96. The predicted octanol–water partition coefficient (Wildman–Crippen LogP) is 2.55. The van der Waals surface area contributed by atoms with Crippen LogP contribution in [0.25, 0.3) is 0 Å². The van der Waals surface area contributed by atoms with E-state index in [2.05, 4.69) is 11.6 Å². The van der Waals surface area contributed by atoms with Crippen LogP contribution in [0.1, 0.15) is 30.9 Å². The van der Waals surface area contributed by atoms with Gasteiger partial charge in [0.15, 0.2) is 5.82 Å². The average Bonchev–Trinajstić information content (AvgIpc) is 2.85. The van der Waals surface area contributed by atoms with Crippen molar-refractivity contribution in [3.8, 4) is 5.75 Å². The fourth-order valence-corrected chi connectivity index (χ4v) is 3.65. The van der Waals surface area contributed by atoms with Gasteiger partial charge in [-0.25, -0.2) is 4.39 Å². The van der Waals surface area contributed by atoms with Crippen LogP contribution in [0.15, 0.2) is 6.07 Å². The second-order valence-electron chi connectivity index (χ2n) is 5.37. The number of anilines is 1. The van der Waals surface area contributed by atoms with Gasteiger partial charge in [0.05, 0.1) is 12.1 Å². The molecule has 0 saturated carbocycles. The zero-order valence-electron chi connectivity index (χ0n) is 11.3. The minimum atomic E-state index is -0.373. The number of aromatic hydroxyl groups is 1. The molecule has 108 valence electrons. The first-order valence-corrected chi connectivity index (χ1v) is 7.64. The molecule has 1 saturated heterocycles. The summed E-state index contributed by atoms with van der Waals surface area (Å²) >= 11 is 1.02. The Morgan fingerprint density at radius 2 is 2.40 bits per heavy atom. The second-order valence-corrected chi connectivity index (χ2v) is 6.19. The molecule has 0 radical (unpaired) electrons. The highest BCUT2D eigenvalue weighted by molar-refractivity contribution is 7.99. The Morgan fingerprint density at radius 1 is 1.60 bits per heavy atom. The Morgan fingerprint density at radius 3 is 3.05 bits per heavy atom. The Balaban J connectivity index is 2.01. The van der Waals surface area contributed by atoms with Crippen molar-refractivity contribution in [2.24, 2.45) is 5.92 Å². The third kappa shape index (κ3) is 2.22. The summed E-state index contributed by atoms with van der Waals surface area (Å²) < 4.78 is 18.8. The molecule has 1 amide bonds. The average molecular weight is 296 g/mol. The number of aryl methyl sites for hydroxylation is 1. The van der Waals surface area contributed by atoms with E-state index in [1.165, 1.54) is 4.31 Å². The number of phenolic OH excluding ortho intramolecular Hbond substituents is 1. The lowest BCUT2D eigenvalue weighted by molar-refractivity contribution is -0.117. The second kappa shape index (κ2) is 5.16. The highest BCUT2D eigenvalue weighted by atomic mass is 32.2. The summed E-state index contributed by atoms with van der Waals surface area (Å²) in [4.78, 5) is 11.3. The molecule has 1 aromatic rings. The molecule has 3 rings (SSSR count). The van der Waals surface area contributed by atoms with Gasteiger partial charge in [-0.15, -0.1) is 0 Å². The van der Waals surface area contributed by atoms with Crippen molar-refractivity contribution in [3.63, 3.8) is 0 Å². The standard InChI is InChI=1S/C14H17FN2O2S/c1-2-8-3-4-9-6-11(18)14(13(15)10(9)5-8)17-7-12(19)16-20-17/h6,8,18H,2-5,7H2,1H3,(H,16,19). The van der Waals surface area contributed by atoms with Crippen molar-refractivity contribution in [1.29, 1.82) is 0 Å². The van der Waals surface area contributed by atoms with Gasteiger partial charge in [-0.3, -0.25) is 13.8 Å². The Bertz CT molecular complexity index is 565. The Labute approximate surface area is 121 Å². The van der Waals surface area contributed by atoms with Gasteiger partial charge in [0, 0.05) is 0 Å². The molecule has 0 aromatic heterocycles. The van der Waals surface area contributed by atoms with Crippen LogP contribution >= 0.6 is 12.1 Å². The monoisotopic (exact) mass is 296 g/mol. The number of fused-ring (bicyclic) bond motifs is 1. The minimum Gasteiger partial charge on any atom is -0.506 e. The van der Waals surface area contributed by atoms with E-state index in [1.54, 1.807) is 6.07 Å². The van der Waals surface area contributed by atoms with E-state index in [1.807, 2.05) is 0 Å². The summed E-state index contributed by atoms with van der Waals surface area (Å²) in [6.45, 7) is 2.18. The fourth-order valence-electron chi connectivity index (χ4n) is 2.92. The lowest BCUT2D eigenvalue weighted by atomic mass is 9.82. The lowest BCUT2D eigenvalue weighted by Gasteiger charge is -2.27. The Hall–Kier alpha value is -1.43. The van der Waals surface area contributed by atoms with Gasteiger partial charge in [0.2, 0.25) is 0 Å². The normalized spacial score (nSPS) is 21.8. The van der Waals surface area contributed by atoms with Gasteiger partial charge in [0.25, 0.3) is 5.91 Å². The molecule has 0 bridgehead atoms. The van der Waals surface area contributed by atoms with Crippen molar-refractivity contribution < 1.29 is 14.3 Å². The molecule has 4 nitrogen and oxygen atoms in total. The fraction of sp³-hybridized carbons (Fsp3) is 0.500. The summed E-state index contributed by atoms with van der Waals surface area (Å²) in [5.74, 6) is -0.138. The molecule has 0 spiro atoms. The highest BCUT2D eigenvalue weighted by Crippen LogP contribution is 2.41. The van der Waals surface area contributed by atoms with Crippen LogP contribution in [0.3, 0.4) is 0 Å². The number of carbonyl (C=O) groups is 1. The number of nitrogens with zero attached hydrogens (tertiary/aromatic N) is 1. The van der Waals surface area contributed by atoms with Crippen molar-refractivity contribution in [2.75, 3.05) is 10.8 Å². The van der Waals surface area contributed by atoms with Crippen molar-refractivity contribution in [3.05, 3.63) is 23.0 Å². The smallest absolute Gasteiger partial charge is 0.251 e. The number of rotatable bonds is 2. The van der Waals surface area contributed by atoms with E-state index in [-0.39, 0.29) is 29.7 Å². The van der Waals surface area contributed by atoms with E-state index < -0.39 is 0 Å². The van der Waals surface area contributed by atoms with Crippen LogP contribution < -0.4 is 9.03 Å². The number of hydrogen-bond acceptors (Lipinski definition) is 4. The molecular formula is C14H17FN2O2S. The van der Waals surface area contributed by atoms with Gasteiger partial charge >= 0.3 is 0 Å². The zero-order valence-corrected chi connectivity index (χ0v) is 12.1. The van der Waals surface area contributed by atoms with Crippen molar-refractivity contribution in [2.45, 2.75) is 32.6 Å². The van der Waals surface area contributed by atoms with Crippen molar-refractivity contribution >= 4 is 23.7 Å². The first-order chi connectivity index (χ1) is 9.60. The first-order valence-electron chi connectivity index (χ1n) is 6.86. The third-order valence-electron chi connectivity index (χ3n) is 4.11. The summed E-state index contributed by atoms with van der Waals surface area (Å²) in [5.41, 5.74) is 1.73. The zero-order chi connectivity index (χ0) is 14.3. The van der Waals surface area contributed by atoms with Gasteiger partial charge in [-0.2, -0.15) is 0 Å². The van der Waals surface area contributed by atoms with E-state index in [9.17, 15) is 14.3 Å². The van der Waals surface area contributed by atoms with E-state index in [4.69, 9.17) is 0 Å². The molecule has 1 aromatic carbocycles. The molecule has 2 aliphatic rings. The molecule has 1 aliphatic carbocycles. The topological polar surface area (TPSA) is 52.6 Å². The van der Waals surface area contributed by atoms with E-state index in [0.29, 0.717) is 17.9 Å². The molecular weight excluding hydrogens is 279 g/mol. The number of nitrogens with one attached hydrogen (secondary N) is 1. The number of carbonyl (C=O) groups excluding carboxylic acids is 1. The van der Waals surface area contributed by atoms with Crippen LogP contribution in [0, 0.1) is 11.7 Å². The van der Waals surface area contributed by atoms with Gasteiger partial charge < -0.3 is 5.11 Å². The maximum Gasteiger partial charge on any atom is 0.251 e. The number of phenols is 1. The number of amides is 1. The van der Waals surface area contributed by atoms with Crippen molar-refractivity contribution in [1.82, 2.24) is 4.72 Å². The van der Waals surface area contributed by atoms with E-state index in [0.717, 1.165) is 37.0 Å². The molecule has 1 atom stereocenters. The van der Waals surface area contributed by atoms with Gasteiger partial charge in [-0.1, -0.05) is 13.3 Å². The van der Waals surface area contributed by atoms with Crippen LogP contribution in [0.4, 0.5) is 10.1 Å². The summed E-state index contributed by atoms with van der Waals surface area (Å²) in [7, 11) is 0. The number of benzene rings is 1. The lowest BCUT2D eigenvalue weighted by Crippen LogP contribution is -2.20. The summed E-state index contributed by atoms with van der Waals surface area (Å²) in [5, 5.41) is 10.1. The molecule has 1 heterocycles. The summed E-state index contributed by atoms with van der Waals surface area (Å²) in [6.07, 6.45) is 3.60. The maximum atomic E-state index is 14.7. The quantitative estimate of drug-likeness (QED) is 0.824. The molecule has 2 N–H and O–H groups in total.